The number of aromatic nitrogens is 2. The normalized spacial score (nSPS) is 12.6. The van der Waals surface area contributed by atoms with Crippen LogP contribution >= 0.6 is 0 Å². The first-order valence-corrected chi connectivity index (χ1v) is 11.7. The molecule has 3 aromatic rings. The van der Waals surface area contributed by atoms with Crippen molar-refractivity contribution in [3.8, 4) is 5.75 Å². The Bertz CT molecular complexity index is 1460. The molecule has 2 amide bonds. The average Bonchev–Trinajstić information content (AvgIpc) is 3.20. The first-order chi connectivity index (χ1) is 18.9. The van der Waals surface area contributed by atoms with Crippen LogP contribution in [0.5, 0.6) is 5.75 Å². The number of amides is 2. The van der Waals surface area contributed by atoms with Crippen molar-refractivity contribution >= 4 is 23.6 Å². The number of carbonyl (C=O) groups is 3. The Hall–Kier alpha value is -4.50. The van der Waals surface area contributed by atoms with Crippen LogP contribution in [0.1, 0.15) is 47.6 Å². The maximum absolute atomic E-state index is 14.0. The highest BCUT2D eigenvalue weighted by molar-refractivity contribution is 5.95. The zero-order valence-electron chi connectivity index (χ0n) is 22.1. The van der Waals surface area contributed by atoms with E-state index in [0.717, 1.165) is 6.07 Å². The summed E-state index contributed by atoms with van der Waals surface area (Å²) in [7, 11) is 0. The lowest BCUT2D eigenvalue weighted by Crippen LogP contribution is -2.53. The lowest BCUT2D eigenvalue weighted by atomic mass is 9.98. The number of imidazole rings is 1. The predicted molar refractivity (Wildman–Crippen MR) is 131 cm³/mol. The van der Waals surface area contributed by atoms with Crippen LogP contribution in [0.3, 0.4) is 0 Å². The zero-order valence-corrected chi connectivity index (χ0v) is 22.1. The SMILES string of the molecule is CCC(C)(CNC(=O)O)NC(=O)c1c(C)nc2c(OCc3c(F)ccc(F)c3F)cc(C)cn12.O=C(O)C(F)(F)F. The molecule has 1 unspecified atom stereocenters. The molecule has 0 spiro atoms. The van der Waals surface area contributed by atoms with Crippen LogP contribution in [0.25, 0.3) is 5.65 Å². The lowest BCUT2D eigenvalue weighted by Gasteiger charge is -2.29. The van der Waals surface area contributed by atoms with Crippen LogP contribution in [0.2, 0.25) is 0 Å². The van der Waals surface area contributed by atoms with E-state index in [1.165, 1.54) is 4.40 Å². The topological polar surface area (TPSA) is 142 Å². The van der Waals surface area contributed by atoms with Gasteiger partial charge in [0.2, 0.25) is 0 Å². The molecule has 16 heteroatoms. The number of halogens is 6. The molecule has 2 heterocycles. The van der Waals surface area contributed by atoms with Crippen molar-refractivity contribution in [2.24, 2.45) is 0 Å². The summed E-state index contributed by atoms with van der Waals surface area (Å²) >= 11 is 0. The van der Waals surface area contributed by atoms with Gasteiger partial charge in [0.05, 0.1) is 16.8 Å². The fraction of sp³-hybridized carbons (Fsp3) is 0.360. The highest BCUT2D eigenvalue weighted by Gasteiger charge is 2.38. The van der Waals surface area contributed by atoms with Gasteiger partial charge in [-0.25, -0.2) is 27.7 Å². The largest absolute Gasteiger partial charge is 0.490 e. The third kappa shape index (κ3) is 8.25. The summed E-state index contributed by atoms with van der Waals surface area (Å²) in [5, 5.41) is 21.1. The molecule has 0 radical (unpaired) electrons. The van der Waals surface area contributed by atoms with Crippen molar-refractivity contribution in [1.82, 2.24) is 20.0 Å². The van der Waals surface area contributed by atoms with E-state index in [-0.39, 0.29) is 23.6 Å². The number of benzene rings is 1. The maximum Gasteiger partial charge on any atom is 0.490 e. The minimum atomic E-state index is -5.08. The van der Waals surface area contributed by atoms with Gasteiger partial charge in [-0.15, -0.1) is 0 Å². The van der Waals surface area contributed by atoms with Crippen LogP contribution in [-0.2, 0) is 11.4 Å². The van der Waals surface area contributed by atoms with E-state index in [0.29, 0.717) is 23.7 Å². The maximum atomic E-state index is 14.0. The number of ether oxygens (including phenoxy) is 1. The molecule has 4 N–H and O–H groups in total. The summed E-state index contributed by atoms with van der Waals surface area (Å²) in [4.78, 5) is 37.3. The van der Waals surface area contributed by atoms with Crippen molar-refractivity contribution < 1.29 is 55.7 Å². The summed E-state index contributed by atoms with van der Waals surface area (Å²) in [6.45, 7) is 6.29. The second-order valence-corrected chi connectivity index (χ2v) is 9.06. The number of fused-ring (bicyclic) bond motifs is 1. The number of carbonyl (C=O) groups excluding carboxylic acids is 1. The van der Waals surface area contributed by atoms with Gasteiger partial charge in [0.25, 0.3) is 5.91 Å². The molecule has 0 aliphatic rings. The first-order valence-electron chi connectivity index (χ1n) is 11.7. The molecule has 3 rings (SSSR count). The number of hydrogen-bond donors (Lipinski definition) is 4. The van der Waals surface area contributed by atoms with Gasteiger partial charge in [0.15, 0.2) is 23.0 Å². The second-order valence-electron chi connectivity index (χ2n) is 9.06. The van der Waals surface area contributed by atoms with E-state index >= 15 is 0 Å². The van der Waals surface area contributed by atoms with Crippen LogP contribution in [0, 0.1) is 31.3 Å². The molecular weight excluding hydrogens is 566 g/mol. The Balaban J connectivity index is 0.000000745. The molecule has 224 valence electrons. The van der Waals surface area contributed by atoms with Crippen molar-refractivity contribution in [2.75, 3.05) is 6.54 Å². The third-order valence-electron chi connectivity index (χ3n) is 5.79. The van der Waals surface area contributed by atoms with E-state index in [1.54, 1.807) is 33.0 Å². The number of hydrogen-bond acceptors (Lipinski definition) is 5. The molecule has 0 bridgehead atoms. The Morgan fingerprint density at radius 3 is 2.20 bits per heavy atom. The Morgan fingerprint density at radius 1 is 1.07 bits per heavy atom. The molecule has 1 atom stereocenters. The van der Waals surface area contributed by atoms with Crippen molar-refractivity contribution in [2.45, 2.75) is 52.4 Å². The molecular formula is C25H26F6N4O6. The van der Waals surface area contributed by atoms with Crippen molar-refractivity contribution in [1.29, 1.82) is 0 Å². The standard InChI is InChI=1S/C23H25F3N4O4.C2HF3O2/c1-5-23(4,11-27-22(32)33)29-21(31)19-13(3)28-20-17(8-12(2)9-30(19)20)34-10-14-15(24)6-7-16(25)18(14)26;3-2(4,5)1(6)7/h6-9,27H,5,10-11H2,1-4H3,(H,29,31)(H,32,33);(H,6,7). The van der Waals surface area contributed by atoms with Crippen LogP contribution in [-0.4, -0.2) is 55.8 Å². The highest BCUT2D eigenvalue weighted by Crippen LogP contribution is 2.27. The molecule has 0 saturated heterocycles. The molecule has 1 aromatic carbocycles. The monoisotopic (exact) mass is 592 g/mol. The second kappa shape index (κ2) is 12.8. The quantitative estimate of drug-likeness (QED) is 0.219. The van der Waals surface area contributed by atoms with Gasteiger partial charge in [-0.1, -0.05) is 6.92 Å². The molecule has 10 nitrogen and oxygen atoms in total. The fourth-order valence-corrected chi connectivity index (χ4v) is 3.45. The van der Waals surface area contributed by atoms with Gasteiger partial charge >= 0.3 is 18.2 Å². The molecule has 0 fully saturated rings. The Labute approximate surface area is 228 Å². The Morgan fingerprint density at radius 2 is 1.66 bits per heavy atom. The van der Waals surface area contributed by atoms with Gasteiger partial charge < -0.3 is 25.6 Å². The minimum absolute atomic E-state index is 0.00148. The molecule has 2 aromatic heterocycles. The summed E-state index contributed by atoms with van der Waals surface area (Å²) in [6.07, 6.45) is -4.19. The first kappa shape index (κ1) is 32.7. The smallest absolute Gasteiger partial charge is 0.485 e. The number of carboxylic acid groups (broad SMARTS) is 2. The minimum Gasteiger partial charge on any atom is -0.485 e. The number of carboxylic acids is 1. The van der Waals surface area contributed by atoms with Gasteiger partial charge in [-0.3, -0.25) is 9.20 Å². The van der Waals surface area contributed by atoms with E-state index in [2.05, 4.69) is 15.6 Å². The predicted octanol–water partition coefficient (Wildman–Crippen LogP) is 4.75. The van der Waals surface area contributed by atoms with Gasteiger partial charge in [-0.05, 0) is 51.0 Å². The number of aliphatic carboxylic acids is 1. The van der Waals surface area contributed by atoms with Crippen LogP contribution < -0.4 is 15.4 Å². The van der Waals surface area contributed by atoms with Gasteiger partial charge in [0.1, 0.15) is 18.1 Å². The summed E-state index contributed by atoms with van der Waals surface area (Å²) < 4.78 is 80.4. The van der Waals surface area contributed by atoms with E-state index < -0.39 is 59.3 Å². The van der Waals surface area contributed by atoms with E-state index in [4.69, 9.17) is 19.7 Å². The van der Waals surface area contributed by atoms with Crippen LogP contribution in [0.15, 0.2) is 24.4 Å². The van der Waals surface area contributed by atoms with Gasteiger partial charge in [-0.2, -0.15) is 13.2 Å². The Kier molecular flexibility index (Phi) is 10.2. The van der Waals surface area contributed by atoms with E-state index in [1.807, 2.05) is 6.92 Å². The summed E-state index contributed by atoms with van der Waals surface area (Å²) in [6, 6.07) is 3.10. The molecule has 0 aliphatic carbocycles. The van der Waals surface area contributed by atoms with Crippen molar-refractivity contribution in [3.05, 3.63) is 64.4 Å². The number of nitrogens with one attached hydrogen (secondary N) is 2. The highest BCUT2D eigenvalue weighted by atomic mass is 19.4. The summed E-state index contributed by atoms with van der Waals surface area (Å²) in [5.74, 6) is -6.57. The van der Waals surface area contributed by atoms with Gasteiger partial charge in [0, 0.05) is 12.7 Å². The van der Waals surface area contributed by atoms with Crippen molar-refractivity contribution in [3.63, 3.8) is 0 Å². The molecule has 41 heavy (non-hydrogen) atoms. The number of pyridine rings is 1. The number of nitrogens with zero attached hydrogens (tertiary/aromatic N) is 2. The zero-order chi connectivity index (χ0) is 31.3. The fourth-order valence-electron chi connectivity index (χ4n) is 3.45. The lowest BCUT2D eigenvalue weighted by molar-refractivity contribution is -0.192. The summed E-state index contributed by atoms with van der Waals surface area (Å²) in [5.41, 5.74) is 0.0296. The van der Waals surface area contributed by atoms with E-state index in [9.17, 15) is 35.9 Å². The van der Waals surface area contributed by atoms with Crippen LogP contribution in [0.4, 0.5) is 31.1 Å². The number of aryl methyl sites for hydroxylation is 2. The molecule has 0 saturated carbocycles. The average molecular weight is 592 g/mol. The number of alkyl halides is 3. The number of rotatable bonds is 8. The molecule has 0 aliphatic heterocycles. The third-order valence-corrected chi connectivity index (χ3v) is 5.79.